The van der Waals surface area contributed by atoms with Crippen LogP contribution in [0.3, 0.4) is 0 Å². The van der Waals surface area contributed by atoms with Gasteiger partial charge in [-0.2, -0.15) is 17.0 Å². The van der Waals surface area contributed by atoms with Gasteiger partial charge < -0.3 is 9.80 Å². The van der Waals surface area contributed by atoms with E-state index in [4.69, 9.17) is 0 Å². The second-order valence-electron chi connectivity index (χ2n) is 9.93. The maximum absolute atomic E-state index is 13.4. The molecule has 35 heavy (non-hydrogen) atoms. The quantitative estimate of drug-likeness (QED) is 0.613. The molecule has 12 heteroatoms. The number of nitrogens with one attached hydrogen (secondary N) is 1. The van der Waals surface area contributed by atoms with Gasteiger partial charge in [0.05, 0.1) is 6.20 Å². The molecule has 0 radical (unpaired) electrons. The third-order valence-electron chi connectivity index (χ3n) is 7.41. The van der Waals surface area contributed by atoms with Crippen LogP contribution in [-0.2, 0) is 10.2 Å². The van der Waals surface area contributed by atoms with Gasteiger partial charge in [-0.15, -0.1) is 0 Å². The maximum atomic E-state index is 13.4. The molecule has 4 rings (SSSR count). The van der Waals surface area contributed by atoms with E-state index in [0.29, 0.717) is 23.1 Å². The molecule has 2 aliphatic carbocycles. The van der Waals surface area contributed by atoms with E-state index in [1.54, 1.807) is 4.90 Å². The Balaban J connectivity index is 1.37. The Bertz CT molecular complexity index is 960. The lowest BCUT2D eigenvalue weighted by Gasteiger charge is -2.41. The van der Waals surface area contributed by atoms with Gasteiger partial charge in [0.1, 0.15) is 4.88 Å². The Morgan fingerprint density at radius 3 is 2.00 bits per heavy atom. The number of anilines is 1. The third-order valence-corrected chi connectivity index (χ3v) is 10.3. The van der Waals surface area contributed by atoms with Crippen molar-refractivity contribution >= 4 is 38.6 Å². The van der Waals surface area contributed by atoms with Gasteiger partial charge in [0.2, 0.25) is 0 Å². The molecule has 0 bridgehead atoms. The number of urea groups is 1. The number of piperazine rings is 1. The molecular formula is C23H38N6O4S2. The van der Waals surface area contributed by atoms with Crippen molar-refractivity contribution in [2.45, 2.75) is 76.3 Å². The Hall–Kier alpha value is -1.76. The van der Waals surface area contributed by atoms with Gasteiger partial charge in [-0.25, -0.2) is 9.78 Å². The van der Waals surface area contributed by atoms with E-state index in [1.165, 1.54) is 78.8 Å². The largest absolute Gasteiger partial charge is 0.335 e. The Morgan fingerprint density at radius 1 is 0.943 bits per heavy atom. The summed E-state index contributed by atoms with van der Waals surface area (Å²) < 4.78 is 27.2. The molecule has 3 fully saturated rings. The molecule has 0 atom stereocenters. The average Bonchev–Trinajstić information content (AvgIpc) is 3.33. The van der Waals surface area contributed by atoms with Crippen LogP contribution < -0.4 is 5.32 Å². The summed E-state index contributed by atoms with van der Waals surface area (Å²) in [6, 6.07) is 0.463. The highest BCUT2D eigenvalue weighted by Crippen LogP contribution is 2.31. The summed E-state index contributed by atoms with van der Waals surface area (Å²) in [4.78, 5) is 34.9. The van der Waals surface area contributed by atoms with Crippen molar-refractivity contribution < 1.29 is 18.0 Å². The Kier molecular flexibility index (Phi) is 8.67. The SMILES string of the molecule is CN(C)S(=O)(=O)N1CCN(C(=O)c2cnc(NC(=O)N(C3CCCCC3)C3CCCCC3)s2)CC1. The van der Waals surface area contributed by atoms with Crippen LogP contribution in [0.5, 0.6) is 0 Å². The number of carbonyl (C=O) groups is 2. The minimum Gasteiger partial charge on any atom is -0.335 e. The van der Waals surface area contributed by atoms with Crippen molar-refractivity contribution in [3.63, 3.8) is 0 Å². The molecule has 1 N–H and O–H groups in total. The summed E-state index contributed by atoms with van der Waals surface area (Å²) in [6.45, 7) is 1.16. The summed E-state index contributed by atoms with van der Waals surface area (Å²) in [6.07, 6.45) is 12.9. The standard InChI is InChI=1S/C23H38N6O4S2/c1-26(2)35(32,33)28-15-13-27(14-16-28)21(30)20-17-24-22(34-20)25-23(31)29(18-9-5-3-6-10-18)19-11-7-4-8-12-19/h17-19H,3-16H2,1-2H3,(H,24,25,31). The topological polar surface area (TPSA) is 106 Å². The van der Waals surface area contributed by atoms with Crippen LogP contribution in [0.2, 0.25) is 0 Å². The second-order valence-corrected chi connectivity index (χ2v) is 13.1. The summed E-state index contributed by atoms with van der Waals surface area (Å²) >= 11 is 1.18. The molecule has 1 aromatic rings. The minimum absolute atomic E-state index is 0.0975. The lowest BCUT2D eigenvalue weighted by molar-refractivity contribution is 0.0700. The number of nitrogens with zero attached hydrogens (tertiary/aromatic N) is 5. The predicted molar refractivity (Wildman–Crippen MR) is 137 cm³/mol. The predicted octanol–water partition coefficient (Wildman–Crippen LogP) is 3.21. The number of hydrogen-bond acceptors (Lipinski definition) is 6. The molecule has 0 aromatic carbocycles. The van der Waals surface area contributed by atoms with Crippen molar-refractivity contribution in [3.05, 3.63) is 11.1 Å². The zero-order chi connectivity index (χ0) is 25.0. The van der Waals surface area contributed by atoms with Crippen LogP contribution in [-0.4, -0.2) is 96.1 Å². The van der Waals surface area contributed by atoms with E-state index in [-0.39, 0.29) is 37.1 Å². The van der Waals surface area contributed by atoms with Crippen LogP contribution in [0, 0.1) is 0 Å². The highest BCUT2D eigenvalue weighted by Gasteiger charge is 2.34. The summed E-state index contributed by atoms with van der Waals surface area (Å²) in [5.74, 6) is -0.179. The van der Waals surface area contributed by atoms with Crippen molar-refractivity contribution in [1.82, 2.24) is 23.4 Å². The summed E-state index contributed by atoms with van der Waals surface area (Å²) in [5.41, 5.74) is 0. The van der Waals surface area contributed by atoms with Crippen LogP contribution in [0.4, 0.5) is 9.93 Å². The zero-order valence-electron chi connectivity index (χ0n) is 20.8. The Labute approximate surface area is 212 Å². The van der Waals surface area contributed by atoms with Crippen LogP contribution >= 0.6 is 11.3 Å². The van der Waals surface area contributed by atoms with Crippen LogP contribution in [0.25, 0.3) is 0 Å². The number of amides is 3. The van der Waals surface area contributed by atoms with Crippen LogP contribution in [0.1, 0.15) is 73.9 Å². The van der Waals surface area contributed by atoms with Crippen molar-refractivity contribution in [3.8, 4) is 0 Å². The third kappa shape index (κ3) is 6.15. The van der Waals surface area contributed by atoms with Gasteiger partial charge >= 0.3 is 6.03 Å². The van der Waals surface area contributed by atoms with Crippen LogP contribution in [0.15, 0.2) is 6.20 Å². The van der Waals surface area contributed by atoms with Crippen molar-refractivity contribution in [2.24, 2.45) is 0 Å². The molecular weight excluding hydrogens is 488 g/mol. The molecule has 3 amide bonds. The first-order chi connectivity index (χ1) is 16.8. The molecule has 1 aromatic heterocycles. The molecule has 2 heterocycles. The fourth-order valence-corrected chi connectivity index (χ4v) is 7.30. The minimum atomic E-state index is -3.48. The molecule has 0 unspecified atom stereocenters. The number of rotatable bonds is 6. The average molecular weight is 527 g/mol. The molecule has 10 nitrogen and oxygen atoms in total. The van der Waals surface area contributed by atoms with Crippen molar-refractivity contribution in [2.75, 3.05) is 45.6 Å². The molecule has 2 saturated carbocycles. The van der Waals surface area contributed by atoms with Gasteiger partial charge in [-0.1, -0.05) is 49.9 Å². The first kappa shape index (κ1) is 26.3. The summed E-state index contributed by atoms with van der Waals surface area (Å²) in [7, 11) is -0.476. The van der Waals surface area contributed by atoms with Crippen molar-refractivity contribution in [1.29, 1.82) is 0 Å². The lowest BCUT2D eigenvalue weighted by atomic mass is 9.89. The molecule has 0 spiro atoms. The van der Waals surface area contributed by atoms with Gasteiger partial charge in [0.15, 0.2) is 5.13 Å². The van der Waals surface area contributed by atoms with E-state index in [1.807, 2.05) is 0 Å². The highest BCUT2D eigenvalue weighted by atomic mass is 32.2. The van der Waals surface area contributed by atoms with E-state index in [0.717, 1.165) is 25.7 Å². The number of thiazole rings is 1. The first-order valence-corrected chi connectivity index (χ1v) is 15.0. The smallest absolute Gasteiger partial charge is 0.324 e. The second kappa shape index (κ2) is 11.5. The number of carbonyl (C=O) groups excluding carboxylic acids is 2. The maximum Gasteiger partial charge on any atom is 0.324 e. The highest BCUT2D eigenvalue weighted by molar-refractivity contribution is 7.86. The monoisotopic (exact) mass is 526 g/mol. The van der Waals surface area contributed by atoms with Gasteiger partial charge in [-0.3, -0.25) is 10.1 Å². The number of aromatic nitrogens is 1. The van der Waals surface area contributed by atoms with E-state index in [9.17, 15) is 18.0 Å². The van der Waals surface area contributed by atoms with Gasteiger partial charge in [0.25, 0.3) is 16.1 Å². The normalized spacial score (nSPS) is 21.3. The zero-order valence-corrected chi connectivity index (χ0v) is 22.5. The van der Waals surface area contributed by atoms with E-state index >= 15 is 0 Å². The van der Waals surface area contributed by atoms with E-state index < -0.39 is 10.2 Å². The molecule has 1 saturated heterocycles. The summed E-state index contributed by atoms with van der Waals surface area (Å²) in [5, 5.41) is 3.42. The van der Waals surface area contributed by atoms with E-state index in [2.05, 4.69) is 15.2 Å². The van der Waals surface area contributed by atoms with Gasteiger partial charge in [0, 0.05) is 52.4 Å². The molecule has 1 aliphatic heterocycles. The first-order valence-electron chi connectivity index (χ1n) is 12.8. The fourth-order valence-electron chi connectivity index (χ4n) is 5.44. The Morgan fingerprint density at radius 2 is 1.49 bits per heavy atom. The lowest BCUT2D eigenvalue weighted by Crippen LogP contribution is -2.52. The molecule has 3 aliphatic rings. The number of hydrogen-bond donors (Lipinski definition) is 1. The fraction of sp³-hybridized carbons (Fsp3) is 0.783. The molecule has 196 valence electrons. The van der Waals surface area contributed by atoms with Gasteiger partial charge in [-0.05, 0) is 25.7 Å².